The normalized spacial score (nSPS) is 20.0. The highest BCUT2D eigenvalue weighted by Crippen LogP contribution is 2.31. The van der Waals surface area contributed by atoms with Crippen molar-refractivity contribution in [1.29, 1.82) is 0 Å². The summed E-state index contributed by atoms with van der Waals surface area (Å²) in [6.45, 7) is 5.77. The number of thiazole rings is 1. The van der Waals surface area contributed by atoms with Gasteiger partial charge in [0.1, 0.15) is 5.82 Å². The van der Waals surface area contributed by atoms with Gasteiger partial charge >= 0.3 is 0 Å². The van der Waals surface area contributed by atoms with E-state index in [1.54, 1.807) is 18.3 Å². The summed E-state index contributed by atoms with van der Waals surface area (Å²) >= 11 is 1.38. The molecule has 8 nitrogen and oxygen atoms in total. The second-order valence-electron chi connectivity index (χ2n) is 6.62. The number of hydrogen-bond acceptors (Lipinski definition) is 8. The predicted octanol–water partition coefficient (Wildman–Crippen LogP) is 3.96. The standard InChI is InChI=1S/C18H19N5O3S/c1-11-9-22(10-12(2)26-11)17-6-3-13(8-19-17)20-18-21-15-5-4-14(23(24)25)7-16(15)27-18/h3-8,11-12H,9-10H2,1-2H3,(H,20,21). The number of aromatic nitrogens is 2. The van der Waals surface area contributed by atoms with Crippen molar-refractivity contribution in [3.05, 3.63) is 46.6 Å². The number of morpholine rings is 1. The molecule has 1 fully saturated rings. The first-order valence-corrected chi connectivity index (χ1v) is 9.48. The van der Waals surface area contributed by atoms with E-state index in [1.165, 1.54) is 17.4 Å². The minimum Gasteiger partial charge on any atom is -0.372 e. The number of ether oxygens (including phenoxy) is 1. The topological polar surface area (TPSA) is 93.4 Å². The molecule has 1 aliphatic heterocycles. The fraction of sp³-hybridized carbons (Fsp3) is 0.333. The molecule has 9 heteroatoms. The first-order valence-electron chi connectivity index (χ1n) is 8.66. The number of pyridine rings is 1. The molecule has 2 atom stereocenters. The third kappa shape index (κ3) is 3.83. The second-order valence-corrected chi connectivity index (χ2v) is 7.65. The Morgan fingerprint density at radius 2 is 2.04 bits per heavy atom. The number of non-ortho nitro benzene ring substituents is 1. The van der Waals surface area contributed by atoms with Crippen LogP contribution in [0, 0.1) is 10.1 Å². The van der Waals surface area contributed by atoms with Crippen molar-refractivity contribution < 1.29 is 9.66 Å². The Kier molecular flexibility index (Phi) is 4.63. The summed E-state index contributed by atoms with van der Waals surface area (Å²) in [4.78, 5) is 21.7. The fourth-order valence-electron chi connectivity index (χ4n) is 3.22. The van der Waals surface area contributed by atoms with Crippen molar-refractivity contribution in [3.63, 3.8) is 0 Å². The van der Waals surface area contributed by atoms with E-state index in [4.69, 9.17) is 4.74 Å². The number of nitro benzene ring substituents is 1. The first-order chi connectivity index (χ1) is 13.0. The molecule has 3 aromatic rings. The van der Waals surface area contributed by atoms with E-state index in [2.05, 4.69) is 34.0 Å². The third-order valence-electron chi connectivity index (χ3n) is 4.33. The fourth-order valence-corrected chi connectivity index (χ4v) is 4.13. The van der Waals surface area contributed by atoms with Crippen LogP contribution in [0.4, 0.5) is 22.3 Å². The summed E-state index contributed by atoms with van der Waals surface area (Å²) in [5.41, 5.74) is 1.62. The number of nitro groups is 1. The summed E-state index contributed by atoms with van der Waals surface area (Å²) in [5, 5.41) is 14.8. The van der Waals surface area contributed by atoms with Gasteiger partial charge in [-0.1, -0.05) is 11.3 Å². The summed E-state index contributed by atoms with van der Waals surface area (Å²) in [6.07, 6.45) is 2.13. The summed E-state index contributed by atoms with van der Waals surface area (Å²) in [6, 6.07) is 8.61. The third-order valence-corrected chi connectivity index (χ3v) is 5.26. The molecule has 140 valence electrons. The summed E-state index contributed by atoms with van der Waals surface area (Å²) in [7, 11) is 0. The average molecular weight is 385 g/mol. The maximum Gasteiger partial charge on any atom is 0.270 e. The molecule has 27 heavy (non-hydrogen) atoms. The lowest BCUT2D eigenvalue weighted by atomic mass is 10.2. The van der Waals surface area contributed by atoms with Crippen molar-refractivity contribution in [3.8, 4) is 0 Å². The molecule has 0 radical (unpaired) electrons. The van der Waals surface area contributed by atoms with Crippen molar-refractivity contribution in [2.24, 2.45) is 0 Å². The smallest absolute Gasteiger partial charge is 0.270 e. The summed E-state index contributed by atoms with van der Waals surface area (Å²) in [5.74, 6) is 0.919. The van der Waals surface area contributed by atoms with E-state index in [-0.39, 0.29) is 17.9 Å². The number of nitrogens with zero attached hydrogens (tertiary/aromatic N) is 4. The molecular formula is C18H19N5O3S. The van der Waals surface area contributed by atoms with Gasteiger partial charge in [-0.2, -0.15) is 0 Å². The molecular weight excluding hydrogens is 366 g/mol. The van der Waals surface area contributed by atoms with Gasteiger partial charge in [0.15, 0.2) is 5.13 Å². The van der Waals surface area contributed by atoms with Crippen LogP contribution < -0.4 is 10.2 Å². The van der Waals surface area contributed by atoms with Gasteiger partial charge in [0.2, 0.25) is 0 Å². The quantitative estimate of drug-likeness (QED) is 0.537. The van der Waals surface area contributed by atoms with Crippen LogP contribution in [-0.4, -0.2) is 40.2 Å². The lowest BCUT2D eigenvalue weighted by molar-refractivity contribution is -0.384. The maximum absolute atomic E-state index is 10.9. The van der Waals surface area contributed by atoms with Gasteiger partial charge in [-0.05, 0) is 32.0 Å². The minimum atomic E-state index is -0.401. The van der Waals surface area contributed by atoms with Crippen molar-refractivity contribution in [2.45, 2.75) is 26.1 Å². The Hall–Kier alpha value is -2.78. The number of fused-ring (bicyclic) bond motifs is 1. The highest BCUT2D eigenvalue weighted by atomic mass is 32.1. The number of nitrogens with one attached hydrogen (secondary N) is 1. The Bertz CT molecular complexity index is 965. The molecule has 0 bridgehead atoms. The molecule has 2 aromatic heterocycles. The lowest BCUT2D eigenvalue weighted by Gasteiger charge is -2.36. The highest BCUT2D eigenvalue weighted by Gasteiger charge is 2.23. The molecule has 1 aromatic carbocycles. The number of rotatable bonds is 4. The van der Waals surface area contributed by atoms with Crippen LogP contribution in [0.25, 0.3) is 10.2 Å². The van der Waals surface area contributed by atoms with E-state index in [9.17, 15) is 10.1 Å². The SMILES string of the molecule is CC1CN(c2ccc(Nc3nc4ccc([N+](=O)[O-])cc4s3)cn2)CC(C)O1. The van der Waals surface area contributed by atoms with E-state index < -0.39 is 4.92 Å². The van der Waals surface area contributed by atoms with Crippen molar-refractivity contribution in [1.82, 2.24) is 9.97 Å². The number of anilines is 3. The van der Waals surface area contributed by atoms with Gasteiger partial charge in [-0.25, -0.2) is 9.97 Å². The van der Waals surface area contributed by atoms with Crippen molar-refractivity contribution >= 4 is 43.9 Å². The molecule has 0 spiro atoms. The Labute approximate surface area is 160 Å². The van der Waals surface area contributed by atoms with Gasteiger partial charge in [0.25, 0.3) is 5.69 Å². The van der Waals surface area contributed by atoms with Crippen LogP contribution in [0.2, 0.25) is 0 Å². The van der Waals surface area contributed by atoms with Gasteiger partial charge in [-0.15, -0.1) is 0 Å². The van der Waals surface area contributed by atoms with Gasteiger partial charge in [0.05, 0.1) is 39.2 Å². The average Bonchev–Trinajstić information content (AvgIpc) is 3.02. The minimum absolute atomic E-state index is 0.0673. The highest BCUT2D eigenvalue weighted by molar-refractivity contribution is 7.22. The second kappa shape index (κ2) is 7.09. The van der Waals surface area contributed by atoms with Crippen molar-refractivity contribution in [2.75, 3.05) is 23.3 Å². The Morgan fingerprint density at radius 3 is 2.70 bits per heavy atom. The van der Waals surface area contributed by atoms with Crippen LogP contribution in [0.5, 0.6) is 0 Å². The molecule has 3 heterocycles. The lowest BCUT2D eigenvalue weighted by Crippen LogP contribution is -2.45. The maximum atomic E-state index is 10.9. The van der Waals surface area contributed by atoms with Crippen LogP contribution in [0.1, 0.15) is 13.8 Å². The van der Waals surface area contributed by atoms with E-state index in [0.29, 0.717) is 5.13 Å². The van der Waals surface area contributed by atoms with Crippen LogP contribution in [0.15, 0.2) is 36.5 Å². The first kappa shape index (κ1) is 17.6. The predicted molar refractivity (Wildman–Crippen MR) is 106 cm³/mol. The van der Waals surface area contributed by atoms with Gasteiger partial charge < -0.3 is 15.0 Å². The monoisotopic (exact) mass is 385 g/mol. The van der Waals surface area contributed by atoms with Gasteiger partial charge in [0, 0.05) is 25.2 Å². The Balaban J connectivity index is 1.50. The van der Waals surface area contributed by atoms with E-state index in [0.717, 1.165) is 34.8 Å². The molecule has 1 aliphatic rings. The molecule has 1 saturated heterocycles. The molecule has 4 rings (SSSR count). The Morgan fingerprint density at radius 1 is 1.26 bits per heavy atom. The number of benzene rings is 1. The van der Waals surface area contributed by atoms with Crippen LogP contribution >= 0.6 is 11.3 Å². The molecule has 0 amide bonds. The number of hydrogen-bond donors (Lipinski definition) is 1. The summed E-state index contributed by atoms with van der Waals surface area (Å²) < 4.78 is 6.53. The molecule has 0 saturated carbocycles. The van der Waals surface area contributed by atoms with Crippen LogP contribution in [0.3, 0.4) is 0 Å². The zero-order valence-electron chi connectivity index (χ0n) is 15.0. The molecule has 1 N–H and O–H groups in total. The molecule has 2 unspecified atom stereocenters. The zero-order valence-corrected chi connectivity index (χ0v) is 15.8. The van der Waals surface area contributed by atoms with Crippen LogP contribution in [-0.2, 0) is 4.74 Å². The molecule has 0 aliphatic carbocycles. The van der Waals surface area contributed by atoms with Gasteiger partial charge in [-0.3, -0.25) is 10.1 Å². The zero-order chi connectivity index (χ0) is 19.0. The largest absolute Gasteiger partial charge is 0.372 e. The van der Waals surface area contributed by atoms with E-state index in [1.807, 2.05) is 12.1 Å². The van der Waals surface area contributed by atoms with E-state index >= 15 is 0 Å².